The molecule has 0 unspecified atom stereocenters. The molecule has 0 aliphatic heterocycles. The van der Waals surface area contributed by atoms with E-state index >= 15 is 0 Å². The van der Waals surface area contributed by atoms with E-state index in [0.29, 0.717) is 10.9 Å². The van der Waals surface area contributed by atoms with E-state index in [1.807, 2.05) is 6.07 Å². The number of fused-ring (bicyclic) bond motifs is 1. The molecule has 3 rings (SSSR count). The van der Waals surface area contributed by atoms with E-state index in [1.54, 1.807) is 42.6 Å². The van der Waals surface area contributed by atoms with E-state index in [4.69, 9.17) is 0 Å². The highest BCUT2D eigenvalue weighted by molar-refractivity contribution is 5.84. The van der Waals surface area contributed by atoms with Crippen molar-refractivity contribution < 1.29 is 9.59 Å². The zero-order chi connectivity index (χ0) is 18.4. The Morgan fingerprint density at radius 1 is 0.962 bits per heavy atom. The van der Waals surface area contributed by atoms with E-state index in [9.17, 15) is 14.4 Å². The molecule has 132 valence electrons. The third-order valence-corrected chi connectivity index (χ3v) is 3.68. The number of carbonyl (C=O) groups is 2. The van der Waals surface area contributed by atoms with Crippen LogP contribution in [0, 0.1) is 0 Å². The van der Waals surface area contributed by atoms with Gasteiger partial charge in [0.25, 0.3) is 5.56 Å². The van der Waals surface area contributed by atoms with Crippen LogP contribution >= 0.6 is 0 Å². The van der Waals surface area contributed by atoms with Gasteiger partial charge in [-0.2, -0.15) is 0 Å². The molecule has 0 aliphatic carbocycles. The van der Waals surface area contributed by atoms with Crippen molar-refractivity contribution in [2.45, 2.75) is 13.1 Å². The predicted octanol–water partition coefficient (Wildman–Crippen LogP) is 0.224. The molecule has 26 heavy (non-hydrogen) atoms. The largest absolute Gasteiger partial charge is 0.349 e. The Kier molecular flexibility index (Phi) is 5.33. The zero-order valence-corrected chi connectivity index (χ0v) is 13.9. The summed E-state index contributed by atoms with van der Waals surface area (Å²) in [6.07, 6.45) is 2.96. The third kappa shape index (κ3) is 4.29. The van der Waals surface area contributed by atoms with Crippen LogP contribution in [0.1, 0.15) is 5.69 Å². The van der Waals surface area contributed by atoms with Crippen LogP contribution in [0.15, 0.2) is 59.8 Å². The van der Waals surface area contributed by atoms with Gasteiger partial charge in [-0.1, -0.05) is 18.2 Å². The molecular formula is C18H17N5O3. The standard InChI is InChI=1S/C18H17N5O3/c24-16(20-9-13-5-3-4-8-19-13)10-21-17(25)11-23-12-22-15-7-2-1-6-14(15)18(23)26/h1-8,12H,9-11H2,(H,20,24)(H,21,25). The van der Waals surface area contributed by atoms with Gasteiger partial charge in [-0.3, -0.25) is 23.9 Å². The molecule has 0 fully saturated rings. The minimum atomic E-state index is -0.447. The number of hydrogen-bond donors (Lipinski definition) is 2. The fourth-order valence-electron chi connectivity index (χ4n) is 2.36. The van der Waals surface area contributed by atoms with Crippen molar-refractivity contribution in [2.24, 2.45) is 0 Å². The van der Waals surface area contributed by atoms with Crippen LogP contribution < -0.4 is 16.2 Å². The molecule has 2 amide bonds. The van der Waals surface area contributed by atoms with Gasteiger partial charge in [0, 0.05) is 6.20 Å². The van der Waals surface area contributed by atoms with Crippen LogP contribution in [0.3, 0.4) is 0 Å². The highest BCUT2D eigenvalue weighted by atomic mass is 16.2. The van der Waals surface area contributed by atoms with Gasteiger partial charge in [-0.05, 0) is 24.3 Å². The summed E-state index contributed by atoms with van der Waals surface area (Å²) in [6.45, 7) is -0.102. The molecule has 0 bridgehead atoms. The number of amides is 2. The lowest BCUT2D eigenvalue weighted by Crippen LogP contribution is -2.39. The van der Waals surface area contributed by atoms with Gasteiger partial charge in [0.1, 0.15) is 6.54 Å². The van der Waals surface area contributed by atoms with Gasteiger partial charge < -0.3 is 10.6 Å². The van der Waals surface area contributed by atoms with Crippen LogP contribution in [0.2, 0.25) is 0 Å². The number of carbonyl (C=O) groups excluding carboxylic acids is 2. The van der Waals surface area contributed by atoms with Crippen molar-refractivity contribution in [3.8, 4) is 0 Å². The quantitative estimate of drug-likeness (QED) is 0.661. The summed E-state index contributed by atoms with van der Waals surface area (Å²) < 4.78 is 1.21. The Hall–Kier alpha value is -3.55. The van der Waals surface area contributed by atoms with Crippen LogP contribution in [0.5, 0.6) is 0 Å². The third-order valence-electron chi connectivity index (χ3n) is 3.68. The second kappa shape index (κ2) is 8.02. The highest BCUT2D eigenvalue weighted by Crippen LogP contribution is 2.04. The average molecular weight is 351 g/mol. The number of nitrogens with zero attached hydrogens (tertiary/aromatic N) is 3. The van der Waals surface area contributed by atoms with Gasteiger partial charge in [0.2, 0.25) is 11.8 Å². The lowest BCUT2D eigenvalue weighted by atomic mass is 10.2. The van der Waals surface area contributed by atoms with Gasteiger partial charge in [0.15, 0.2) is 0 Å². The van der Waals surface area contributed by atoms with Crippen molar-refractivity contribution >= 4 is 22.7 Å². The number of para-hydroxylation sites is 1. The molecule has 0 radical (unpaired) electrons. The number of hydrogen-bond acceptors (Lipinski definition) is 5. The van der Waals surface area contributed by atoms with Gasteiger partial charge in [0.05, 0.1) is 36.0 Å². The van der Waals surface area contributed by atoms with Crippen molar-refractivity contribution in [1.82, 2.24) is 25.2 Å². The lowest BCUT2D eigenvalue weighted by Gasteiger charge is -2.08. The van der Waals surface area contributed by atoms with E-state index in [2.05, 4.69) is 20.6 Å². The molecule has 0 saturated carbocycles. The minimum Gasteiger partial charge on any atom is -0.349 e. The highest BCUT2D eigenvalue weighted by Gasteiger charge is 2.09. The molecule has 1 aromatic carbocycles. The number of nitrogens with one attached hydrogen (secondary N) is 2. The summed E-state index contributed by atoms with van der Waals surface area (Å²) in [7, 11) is 0. The SMILES string of the molecule is O=C(CNC(=O)Cn1cnc2ccccc2c1=O)NCc1ccccn1. The van der Waals surface area contributed by atoms with Gasteiger partial charge >= 0.3 is 0 Å². The smallest absolute Gasteiger partial charge is 0.261 e. The number of benzene rings is 1. The van der Waals surface area contributed by atoms with Crippen molar-refractivity contribution in [2.75, 3.05) is 6.54 Å². The Morgan fingerprint density at radius 3 is 2.58 bits per heavy atom. The molecule has 8 nitrogen and oxygen atoms in total. The first kappa shape index (κ1) is 17.3. The topological polar surface area (TPSA) is 106 Å². The molecular weight excluding hydrogens is 334 g/mol. The molecule has 2 heterocycles. The molecule has 0 aliphatic rings. The van der Waals surface area contributed by atoms with E-state index in [-0.39, 0.29) is 31.1 Å². The van der Waals surface area contributed by atoms with Crippen molar-refractivity contribution in [3.63, 3.8) is 0 Å². The molecule has 0 spiro atoms. The Balaban J connectivity index is 1.52. The van der Waals surface area contributed by atoms with Crippen molar-refractivity contribution in [3.05, 3.63) is 71.0 Å². The number of pyridine rings is 1. The summed E-state index contributed by atoms with van der Waals surface area (Å²) >= 11 is 0. The fraction of sp³-hybridized carbons (Fsp3) is 0.167. The molecule has 2 N–H and O–H groups in total. The summed E-state index contributed by atoms with van der Waals surface area (Å²) in [5, 5.41) is 5.58. The maximum atomic E-state index is 12.3. The summed E-state index contributed by atoms with van der Waals surface area (Å²) in [5.41, 5.74) is 0.995. The van der Waals surface area contributed by atoms with Crippen molar-refractivity contribution in [1.29, 1.82) is 0 Å². The summed E-state index contributed by atoms with van der Waals surface area (Å²) in [5.74, 6) is -0.787. The van der Waals surface area contributed by atoms with Crippen LogP contribution in [-0.4, -0.2) is 32.9 Å². The molecule has 0 atom stereocenters. The predicted molar refractivity (Wildman–Crippen MR) is 95.1 cm³/mol. The molecule has 2 aromatic heterocycles. The first-order valence-corrected chi connectivity index (χ1v) is 8.01. The average Bonchev–Trinajstić information content (AvgIpc) is 2.68. The maximum Gasteiger partial charge on any atom is 0.261 e. The normalized spacial score (nSPS) is 10.5. The van der Waals surface area contributed by atoms with E-state index in [0.717, 1.165) is 5.69 Å². The summed E-state index contributed by atoms with van der Waals surface area (Å²) in [6, 6.07) is 12.3. The second-order valence-electron chi connectivity index (χ2n) is 5.57. The lowest BCUT2D eigenvalue weighted by molar-refractivity contribution is -0.126. The second-order valence-corrected chi connectivity index (χ2v) is 5.57. The first-order chi connectivity index (χ1) is 12.6. The van der Waals surface area contributed by atoms with E-state index in [1.165, 1.54) is 10.9 Å². The van der Waals surface area contributed by atoms with Crippen LogP contribution in [0.4, 0.5) is 0 Å². The molecule has 3 aromatic rings. The van der Waals surface area contributed by atoms with E-state index < -0.39 is 5.91 Å². The monoisotopic (exact) mass is 351 g/mol. The molecule has 8 heteroatoms. The number of rotatable bonds is 6. The Bertz CT molecular complexity index is 985. The summed E-state index contributed by atoms with van der Waals surface area (Å²) in [4.78, 5) is 44.3. The van der Waals surface area contributed by atoms with Gasteiger partial charge in [-0.15, -0.1) is 0 Å². The fourth-order valence-corrected chi connectivity index (χ4v) is 2.36. The molecule has 0 saturated heterocycles. The van der Waals surface area contributed by atoms with Crippen LogP contribution in [-0.2, 0) is 22.7 Å². The maximum absolute atomic E-state index is 12.3. The Labute approximate surface area is 148 Å². The zero-order valence-electron chi connectivity index (χ0n) is 13.9. The van der Waals surface area contributed by atoms with Crippen LogP contribution in [0.25, 0.3) is 10.9 Å². The van der Waals surface area contributed by atoms with Gasteiger partial charge in [-0.25, -0.2) is 4.98 Å². The minimum absolute atomic E-state index is 0.179. The first-order valence-electron chi connectivity index (χ1n) is 8.01. The number of aromatic nitrogens is 3. The Morgan fingerprint density at radius 2 is 1.77 bits per heavy atom.